The Bertz CT molecular complexity index is 738. The second-order valence-electron chi connectivity index (χ2n) is 12.4. The van der Waals surface area contributed by atoms with E-state index < -0.39 is 0 Å². The molecule has 0 saturated heterocycles. The largest absolute Gasteiger partial charge is 0.250 e. The van der Waals surface area contributed by atoms with Crippen molar-refractivity contribution in [2.24, 2.45) is 5.92 Å². The van der Waals surface area contributed by atoms with Crippen LogP contribution in [-0.2, 0) is 6.42 Å². The number of nitrogens with one attached hydrogen (secondary N) is 1. The van der Waals surface area contributed by atoms with Gasteiger partial charge in [0.15, 0.2) is 0 Å². The summed E-state index contributed by atoms with van der Waals surface area (Å²) in [6.45, 7) is 4.62. The molecule has 0 spiro atoms. The van der Waals surface area contributed by atoms with Crippen LogP contribution in [0.2, 0.25) is 0 Å². The third-order valence-corrected chi connectivity index (χ3v) is 8.87. The number of benzene rings is 1. The maximum absolute atomic E-state index is 3.34. The Morgan fingerprint density at radius 1 is 0.564 bits per heavy atom. The number of H-pyrrole nitrogens is 1. The fraction of sp³-hybridized carbons (Fsp3) is 0.757. The van der Waals surface area contributed by atoms with Gasteiger partial charge < -0.3 is 0 Å². The van der Waals surface area contributed by atoms with Crippen molar-refractivity contribution in [2.75, 3.05) is 0 Å². The first-order valence-corrected chi connectivity index (χ1v) is 17.4. The molecule has 2 atom stereocenters. The Kier molecular flexibility index (Phi) is 20.9. The van der Waals surface area contributed by atoms with Crippen LogP contribution in [0.1, 0.15) is 173 Å². The highest BCUT2D eigenvalue weighted by molar-refractivity contribution is 5.15. The van der Waals surface area contributed by atoms with E-state index in [9.17, 15) is 0 Å². The summed E-state index contributed by atoms with van der Waals surface area (Å²) in [4.78, 5) is 3.34. The molecule has 0 fully saturated rings. The van der Waals surface area contributed by atoms with Gasteiger partial charge in [0.05, 0.1) is 0 Å². The van der Waals surface area contributed by atoms with Crippen molar-refractivity contribution in [2.45, 2.75) is 174 Å². The number of rotatable bonds is 27. The molecular weight excluding hydrogens is 472 g/mol. The summed E-state index contributed by atoms with van der Waals surface area (Å²) in [6, 6.07) is 11.9. The van der Waals surface area contributed by atoms with Crippen molar-refractivity contribution in [3.05, 3.63) is 54.6 Å². The third kappa shape index (κ3) is 17.0. The van der Waals surface area contributed by atoms with Crippen LogP contribution >= 0.6 is 0 Å². The van der Waals surface area contributed by atoms with Crippen molar-refractivity contribution in [3.63, 3.8) is 0 Å². The minimum absolute atomic E-state index is 0.605. The van der Waals surface area contributed by atoms with Gasteiger partial charge >= 0.3 is 0 Å². The van der Waals surface area contributed by atoms with Crippen LogP contribution in [0.5, 0.6) is 0 Å². The number of hydrogen-bond acceptors (Lipinski definition) is 0. The molecule has 2 unspecified atom stereocenters. The highest BCUT2D eigenvalue weighted by Gasteiger charge is 2.26. The molecule has 39 heavy (non-hydrogen) atoms. The van der Waals surface area contributed by atoms with Crippen molar-refractivity contribution in [1.82, 2.24) is 4.98 Å². The number of imidazole rings is 1. The van der Waals surface area contributed by atoms with Crippen LogP contribution in [0.4, 0.5) is 0 Å². The minimum atomic E-state index is 0.605. The molecule has 2 heteroatoms. The molecule has 2 aromatic rings. The summed E-state index contributed by atoms with van der Waals surface area (Å²) >= 11 is 0. The topological polar surface area (TPSA) is 19.7 Å². The fourth-order valence-electron chi connectivity index (χ4n) is 6.39. The van der Waals surface area contributed by atoms with Crippen LogP contribution in [-0.4, -0.2) is 4.98 Å². The lowest BCUT2D eigenvalue weighted by Gasteiger charge is -2.25. The molecule has 1 N–H and O–H groups in total. The lowest BCUT2D eigenvalue weighted by molar-refractivity contribution is -0.730. The first kappa shape index (κ1) is 33.6. The molecule has 1 aromatic heterocycles. The highest BCUT2D eigenvalue weighted by atomic mass is 15.1. The van der Waals surface area contributed by atoms with Gasteiger partial charge in [0.1, 0.15) is 18.4 Å². The molecular formula is C37H65N2+. The number of aromatic nitrogens is 2. The molecule has 0 aliphatic heterocycles. The molecule has 2 rings (SSSR count). The van der Waals surface area contributed by atoms with Crippen LogP contribution in [0.15, 0.2) is 49.1 Å². The first-order chi connectivity index (χ1) is 19.3. The van der Waals surface area contributed by atoms with Crippen LogP contribution < -0.4 is 4.57 Å². The van der Waals surface area contributed by atoms with Gasteiger partial charge in [0.2, 0.25) is 6.33 Å². The van der Waals surface area contributed by atoms with E-state index >= 15 is 0 Å². The standard InChI is InChI=1S/C37H64N2/c1-3-5-7-9-11-13-14-15-16-17-19-21-26-30-37(39-32-31-38-34-39)36(33-35-27-23-22-24-28-35)29-25-20-18-12-10-8-6-4-2/h22-24,27-28,31-32,34,36-37H,3-21,25-26,29-30,33H2,1-2H3/p+1. The third-order valence-electron chi connectivity index (χ3n) is 8.87. The minimum Gasteiger partial charge on any atom is -0.250 e. The summed E-state index contributed by atoms with van der Waals surface area (Å²) in [5.74, 6) is 0.714. The maximum Gasteiger partial charge on any atom is 0.241 e. The van der Waals surface area contributed by atoms with E-state index in [1.165, 1.54) is 160 Å². The molecule has 0 aliphatic carbocycles. The average molecular weight is 538 g/mol. The quantitative estimate of drug-likeness (QED) is 0.0863. The van der Waals surface area contributed by atoms with Crippen molar-refractivity contribution in [1.29, 1.82) is 0 Å². The Balaban J connectivity index is 1.74. The highest BCUT2D eigenvalue weighted by Crippen LogP contribution is 2.29. The Hall–Kier alpha value is -1.57. The van der Waals surface area contributed by atoms with Gasteiger partial charge in [0.25, 0.3) is 0 Å². The maximum atomic E-state index is 3.34. The number of unbranched alkanes of at least 4 members (excludes halogenated alkanes) is 19. The molecule has 1 aromatic carbocycles. The van der Waals surface area contributed by atoms with E-state index in [-0.39, 0.29) is 0 Å². The summed E-state index contributed by atoms with van der Waals surface area (Å²) in [5, 5.41) is 0. The van der Waals surface area contributed by atoms with Gasteiger partial charge in [-0.3, -0.25) is 4.98 Å². The van der Waals surface area contributed by atoms with Gasteiger partial charge in [-0.1, -0.05) is 173 Å². The molecule has 222 valence electrons. The van der Waals surface area contributed by atoms with Gasteiger partial charge in [0, 0.05) is 5.92 Å². The van der Waals surface area contributed by atoms with E-state index in [2.05, 4.69) is 72.5 Å². The predicted molar refractivity (Wildman–Crippen MR) is 171 cm³/mol. The van der Waals surface area contributed by atoms with Gasteiger partial charge in [-0.05, 0) is 31.2 Å². The lowest BCUT2D eigenvalue weighted by atomic mass is 9.84. The number of hydrogen-bond donors (Lipinski definition) is 1. The van der Waals surface area contributed by atoms with E-state index in [4.69, 9.17) is 0 Å². The van der Waals surface area contributed by atoms with Crippen molar-refractivity contribution in [3.8, 4) is 0 Å². The number of aromatic amines is 1. The van der Waals surface area contributed by atoms with E-state index in [0.29, 0.717) is 12.0 Å². The SMILES string of the molecule is CCCCCCCCCCCCCCCC(C(CCCCCCCCCC)Cc1ccccc1)[n+]1cc[nH]c1. The summed E-state index contributed by atoms with van der Waals surface area (Å²) in [7, 11) is 0. The zero-order valence-electron chi connectivity index (χ0n) is 26.2. The zero-order valence-corrected chi connectivity index (χ0v) is 26.2. The average Bonchev–Trinajstić information content (AvgIpc) is 3.49. The Morgan fingerprint density at radius 2 is 1.03 bits per heavy atom. The molecule has 0 amide bonds. The Labute approximate surface area is 243 Å². The smallest absolute Gasteiger partial charge is 0.241 e. The van der Waals surface area contributed by atoms with Gasteiger partial charge in [-0.25, -0.2) is 4.57 Å². The molecule has 0 radical (unpaired) electrons. The Morgan fingerprint density at radius 3 is 1.49 bits per heavy atom. The molecule has 0 saturated carbocycles. The zero-order chi connectivity index (χ0) is 27.6. The van der Waals surface area contributed by atoms with Crippen LogP contribution in [0.3, 0.4) is 0 Å². The number of nitrogens with zero attached hydrogens (tertiary/aromatic N) is 1. The molecule has 1 heterocycles. The van der Waals surface area contributed by atoms with E-state index in [1.807, 2.05) is 0 Å². The second-order valence-corrected chi connectivity index (χ2v) is 12.4. The van der Waals surface area contributed by atoms with Crippen molar-refractivity contribution >= 4 is 0 Å². The van der Waals surface area contributed by atoms with Crippen molar-refractivity contribution < 1.29 is 4.57 Å². The summed E-state index contributed by atoms with van der Waals surface area (Å²) in [6.07, 6.45) is 40.3. The first-order valence-electron chi connectivity index (χ1n) is 17.4. The second kappa shape index (κ2) is 24.2. The fourth-order valence-corrected chi connectivity index (χ4v) is 6.39. The van der Waals surface area contributed by atoms with E-state index in [1.54, 1.807) is 0 Å². The van der Waals surface area contributed by atoms with Gasteiger partial charge in [-0.2, -0.15) is 0 Å². The molecule has 2 nitrogen and oxygen atoms in total. The predicted octanol–water partition coefficient (Wildman–Crippen LogP) is 11.7. The monoisotopic (exact) mass is 538 g/mol. The van der Waals surface area contributed by atoms with E-state index in [0.717, 1.165) is 0 Å². The van der Waals surface area contributed by atoms with Crippen LogP contribution in [0.25, 0.3) is 0 Å². The summed E-state index contributed by atoms with van der Waals surface area (Å²) in [5.41, 5.74) is 1.51. The lowest BCUT2D eigenvalue weighted by Crippen LogP contribution is -2.42. The van der Waals surface area contributed by atoms with Crippen LogP contribution in [0, 0.1) is 5.92 Å². The molecule has 0 aliphatic rings. The normalized spacial score (nSPS) is 13.1. The van der Waals surface area contributed by atoms with Gasteiger partial charge in [-0.15, -0.1) is 0 Å². The summed E-state index contributed by atoms with van der Waals surface area (Å²) < 4.78 is 2.50. The molecule has 0 bridgehead atoms.